The Labute approximate surface area is 128 Å². The number of carbonyl (C=O) groups excluding carboxylic acids is 1. The number of hydrogen-bond donors (Lipinski definition) is 0. The van der Waals surface area contributed by atoms with Crippen molar-refractivity contribution < 1.29 is 4.79 Å². The molecule has 1 amide bonds. The molecule has 0 fully saturated rings. The van der Waals surface area contributed by atoms with E-state index in [1.165, 1.54) is 11.1 Å². The summed E-state index contributed by atoms with van der Waals surface area (Å²) in [6, 6.07) is 8.41. The Morgan fingerprint density at radius 2 is 1.71 bits per heavy atom. The molecule has 1 aliphatic rings. The van der Waals surface area contributed by atoms with Gasteiger partial charge in [-0.25, -0.2) is 0 Å². The monoisotopic (exact) mass is 285 g/mol. The fraction of sp³-hybridized carbons (Fsp3) is 0.526. The lowest BCUT2D eigenvalue weighted by atomic mass is 9.91. The van der Waals surface area contributed by atoms with Gasteiger partial charge in [-0.05, 0) is 42.9 Å². The van der Waals surface area contributed by atoms with Crippen LogP contribution in [0, 0.1) is 0 Å². The molecule has 0 spiro atoms. The lowest BCUT2D eigenvalue weighted by Crippen LogP contribution is -2.34. The largest absolute Gasteiger partial charge is 0.339 e. The quantitative estimate of drug-likeness (QED) is 0.725. The maximum absolute atomic E-state index is 12.8. The summed E-state index contributed by atoms with van der Waals surface area (Å²) in [4.78, 5) is 14.8. The van der Waals surface area contributed by atoms with E-state index in [0.29, 0.717) is 0 Å². The van der Waals surface area contributed by atoms with Crippen molar-refractivity contribution in [1.82, 2.24) is 4.90 Å². The summed E-state index contributed by atoms with van der Waals surface area (Å²) in [6.07, 6.45) is 8.44. The number of nitrogens with zero attached hydrogens (tertiary/aromatic N) is 1. The highest BCUT2D eigenvalue weighted by Gasteiger charge is 2.20. The molecule has 0 aromatic heterocycles. The van der Waals surface area contributed by atoms with E-state index in [2.05, 4.69) is 49.1 Å². The van der Waals surface area contributed by atoms with Crippen LogP contribution < -0.4 is 0 Å². The third kappa shape index (κ3) is 4.20. The summed E-state index contributed by atoms with van der Waals surface area (Å²) in [6.45, 7) is 6.15. The first-order chi connectivity index (χ1) is 10.3. The minimum atomic E-state index is 0.256. The van der Waals surface area contributed by atoms with Crippen LogP contribution in [0.1, 0.15) is 57.1 Å². The first-order valence-electron chi connectivity index (χ1n) is 8.34. The van der Waals surface area contributed by atoms with Gasteiger partial charge in [0, 0.05) is 18.7 Å². The molecule has 0 saturated heterocycles. The number of rotatable bonds is 7. The Balaban J connectivity index is 2.11. The van der Waals surface area contributed by atoms with Gasteiger partial charge in [0.2, 0.25) is 5.91 Å². The minimum absolute atomic E-state index is 0.256. The average Bonchev–Trinajstić information content (AvgIpc) is 2.54. The van der Waals surface area contributed by atoms with E-state index in [-0.39, 0.29) is 5.91 Å². The topological polar surface area (TPSA) is 20.3 Å². The number of fused-ring (bicyclic) bond motifs is 1. The normalized spacial score (nSPS) is 13.5. The van der Waals surface area contributed by atoms with E-state index in [9.17, 15) is 4.79 Å². The van der Waals surface area contributed by atoms with E-state index in [4.69, 9.17) is 0 Å². The molecule has 0 radical (unpaired) electrons. The summed E-state index contributed by atoms with van der Waals surface area (Å²) in [5, 5.41) is 0. The third-order valence-electron chi connectivity index (χ3n) is 4.17. The van der Waals surface area contributed by atoms with Crippen molar-refractivity contribution in [3.8, 4) is 0 Å². The number of benzene rings is 1. The highest BCUT2D eigenvalue weighted by atomic mass is 16.2. The Hall–Kier alpha value is -1.57. The van der Waals surface area contributed by atoms with Gasteiger partial charge < -0.3 is 4.90 Å². The predicted octanol–water partition coefficient (Wildman–Crippen LogP) is 4.45. The zero-order chi connectivity index (χ0) is 15.1. The molecule has 0 unspecified atom stereocenters. The number of carbonyl (C=O) groups is 1. The average molecular weight is 285 g/mol. The van der Waals surface area contributed by atoms with Gasteiger partial charge in [-0.3, -0.25) is 4.79 Å². The van der Waals surface area contributed by atoms with Gasteiger partial charge in [-0.2, -0.15) is 0 Å². The van der Waals surface area contributed by atoms with Crippen molar-refractivity contribution in [3.05, 3.63) is 41.0 Å². The summed E-state index contributed by atoms with van der Waals surface area (Å²) < 4.78 is 0. The van der Waals surface area contributed by atoms with Crippen LogP contribution in [0.25, 0.3) is 6.08 Å². The molecule has 2 heteroatoms. The molecule has 114 valence electrons. The Morgan fingerprint density at radius 1 is 1.05 bits per heavy atom. The molecule has 1 aliphatic carbocycles. The van der Waals surface area contributed by atoms with Crippen LogP contribution >= 0.6 is 0 Å². The van der Waals surface area contributed by atoms with Crippen molar-refractivity contribution in [2.24, 2.45) is 0 Å². The highest BCUT2D eigenvalue weighted by molar-refractivity contribution is 5.98. The fourth-order valence-corrected chi connectivity index (χ4v) is 2.82. The van der Waals surface area contributed by atoms with Gasteiger partial charge in [-0.1, -0.05) is 51.0 Å². The lowest BCUT2D eigenvalue weighted by Gasteiger charge is -2.25. The second kappa shape index (κ2) is 8.02. The third-order valence-corrected chi connectivity index (χ3v) is 4.17. The molecule has 0 atom stereocenters. The fourth-order valence-electron chi connectivity index (χ4n) is 2.82. The Bertz CT molecular complexity index is 496. The van der Waals surface area contributed by atoms with E-state index in [1.807, 2.05) is 0 Å². The molecule has 0 heterocycles. The van der Waals surface area contributed by atoms with Crippen molar-refractivity contribution >= 4 is 12.0 Å². The molecule has 0 bridgehead atoms. The summed E-state index contributed by atoms with van der Waals surface area (Å²) in [5.74, 6) is 0.256. The molecule has 1 aromatic carbocycles. The smallest absolute Gasteiger partial charge is 0.249 e. The van der Waals surface area contributed by atoms with Crippen LogP contribution in [0.3, 0.4) is 0 Å². The first-order valence-corrected chi connectivity index (χ1v) is 8.34. The molecule has 0 N–H and O–H groups in total. The van der Waals surface area contributed by atoms with Crippen LogP contribution in [0.4, 0.5) is 0 Å². The molecule has 2 nitrogen and oxygen atoms in total. The van der Waals surface area contributed by atoms with Crippen molar-refractivity contribution in [2.75, 3.05) is 13.1 Å². The van der Waals surface area contributed by atoms with Gasteiger partial charge in [-0.15, -0.1) is 0 Å². The van der Waals surface area contributed by atoms with Gasteiger partial charge in [0.25, 0.3) is 0 Å². The van der Waals surface area contributed by atoms with Crippen molar-refractivity contribution in [1.29, 1.82) is 0 Å². The molecule has 2 rings (SSSR count). The second-order valence-corrected chi connectivity index (χ2v) is 5.87. The lowest BCUT2D eigenvalue weighted by molar-refractivity contribution is -0.127. The minimum Gasteiger partial charge on any atom is -0.339 e. The summed E-state index contributed by atoms with van der Waals surface area (Å²) in [7, 11) is 0. The summed E-state index contributed by atoms with van der Waals surface area (Å²) in [5.41, 5.74) is 3.57. The van der Waals surface area contributed by atoms with Crippen LogP contribution in [-0.4, -0.2) is 23.9 Å². The Morgan fingerprint density at radius 3 is 2.38 bits per heavy atom. The van der Waals surface area contributed by atoms with E-state index in [0.717, 1.165) is 57.2 Å². The van der Waals surface area contributed by atoms with E-state index < -0.39 is 0 Å². The SMILES string of the molecule is CCCCN(CCCC)C(=O)C1=Cc2ccccc2CC1. The molecule has 1 aromatic rings. The van der Waals surface area contributed by atoms with Crippen LogP contribution in [-0.2, 0) is 11.2 Å². The summed E-state index contributed by atoms with van der Waals surface area (Å²) >= 11 is 0. The van der Waals surface area contributed by atoms with Crippen LogP contribution in [0.15, 0.2) is 29.8 Å². The Kier molecular flexibility index (Phi) is 6.04. The first kappa shape index (κ1) is 15.8. The van der Waals surface area contributed by atoms with Gasteiger partial charge in [0.05, 0.1) is 0 Å². The zero-order valence-corrected chi connectivity index (χ0v) is 13.4. The molecular formula is C19H27NO. The van der Waals surface area contributed by atoms with Gasteiger partial charge in [0.1, 0.15) is 0 Å². The van der Waals surface area contributed by atoms with Crippen molar-refractivity contribution in [3.63, 3.8) is 0 Å². The maximum atomic E-state index is 12.8. The number of hydrogen-bond acceptors (Lipinski definition) is 1. The number of unbranched alkanes of at least 4 members (excludes halogenated alkanes) is 2. The van der Waals surface area contributed by atoms with Crippen LogP contribution in [0.5, 0.6) is 0 Å². The van der Waals surface area contributed by atoms with Crippen molar-refractivity contribution in [2.45, 2.75) is 52.4 Å². The van der Waals surface area contributed by atoms with E-state index in [1.54, 1.807) is 0 Å². The standard InChI is InChI=1S/C19H27NO/c1-3-5-13-20(14-6-4-2)19(21)18-12-11-16-9-7-8-10-17(16)15-18/h7-10,15H,3-6,11-14H2,1-2H3. The molecular weight excluding hydrogens is 258 g/mol. The zero-order valence-electron chi connectivity index (χ0n) is 13.4. The number of amides is 1. The molecule has 0 saturated carbocycles. The number of aryl methyl sites for hydroxylation is 1. The second-order valence-electron chi connectivity index (χ2n) is 5.87. The molecule has 21 heavy (non-hydrogen) atoms. The maximum Gasteiger partial charge on any atom is 0.249 e. The van der Waals surface area contributed by atoms with Gasteiger partial charge in [0.15, 0.2) is 0 Å². The highest BCUT2D eigenvalue weighted by Crippen LogP contribution is 2.25. The molecule has 0 aliphatic heterocycles. The predicted molar refractivity (Wildman–Crippen MR) is 89.1 cm³/mol. The van der Waals surface area contributed by atoms with E-state index >= 15 is 0 Å². The van der Waals surface area contributed by atoms with Gasteiger partial charge >= 0.3 is 0 Å². The van der Waals surface area contributed by atoms with Crippen LogP contribution in [0.2, 0.25) is 0 Å².